The Kier molecular flexibility index (Phi) is 5.49. The maximum Gasteiger partial charge on any atom is 0.330 e. The average molecular weight is 364 g/mol. The summed E-state index contributed by atoms with van der Waals surface area (Å²) in [6.07, 6.45) is 6.83. The van der Waals surface area contributed by atoms with E-state index in [0.717, 1.165) is 32.1 Å². The third-order valence-electron chi connectivity index (χ3n) is 3.97. The minimum absolute atomic E-state index is 0.368. The molecule has 3 aromatic rings. The molecule has 1 aromatic carbocycles. The van der Waals surface area contributed by atoms with Crippen LogP contribution in [0.3, 0.4) is 0 Å². The predicted octanol–water partition coefficient (Wildman–Crippen LogP) is 4.73. The van der Waals surface area contributed by atoms with Gasteiger partial charge in [-0.15, -0.1) is 11.3 Å². The highest BCUT2D eigenvalue weighted by molar-refractivity contribution is 7.16. The molecule has 2 heterocycles. The molecule has 2 aromatic heterocycles. The second kappa shape index (κ2) is 7.97. The number of benzene rings is 1. The van der Waals surface area contributed by atoms with E-state index >= 15 is 0 Å². The number of nitrogens with zero attached hydrogens (tertiary/aromatic N) is 2. The molecule has 132 valence electrons. The first-order chi connectivity index (χ1) is 12.6. The summed E-state index contributed by atoms with van der Waals surface area (Å²) >= 11 is 1.64. The molecule has 0 bridgehead atoms. The molecule has 0 atom stereocenters. The first-order valence-corrected chi connectivity index (χ1v) is 8.98. The minimum atomic E-state index is -0.368. The van der Waals surface area contributed by atoms with Gasteiger partial charge in [0.1, 0.15) is 0 Å². The lowest BCUT2D eigenvalue weighted by Crippen LogP contribution is -2.07. The van der Waals surface area contributed by atoms with Crippen LogP contribution < -0.4 is 4.90 Å². The van der Waals surface area contributed by atoms with Crippen molar-refractivity contribution in [3.8, 4) is 21.6 Å². The SMILES string of the molecule is COC(=O)/C=C/c1sc(-c2ccc(N(C)C)cc2)cc1-c1cccnc1. The Morgan fingerprint density at radius 1 is 1.15 bits per heavy atom. The van der Waals surface area contributed by atoms with Crippen LogP contribution in [-0.4, -0.2) is 32.2 Å². The zero-order chi connectivity index (χ0) is 18.5. The molecule has 0 aliphatic heterocycles. The molecule has 0 saturated heterocycles. The van der Waals surface area contributed by atoms with E-state index in [-0.39, 0.29) is 5.97 Å². The molecule has 0 unspecified atom stereocenters. The van der Waals surface area contributed by atoms with Crippen LogP contribution in [0.5, 0.6) is 0 Å². The second-order valence-corrected chi connectivity index (χ2v) is 7.01. The number of carbonyl (C=O) groups is 1. The van der Waals surface area contributed by atoms with Gasteiger partial charge < -0.3 is 9.64 Å². The molecule has 0 N–H and O–H groups in total. The molecule has 0 amide bonds. The monoisotopic (exact) mass is 364 g/mol. The van der Waals surface area contributed by atoms with Crippen molar-refractivity contribution < 1.29 is 9.53 Å². The Bertz CT molecular complexity index is 913. The van der Waals surface area contributed by atoms with Gasteiger partial charge in [0, 0.05) is 59.1 Å². The number of carbonyl (C=O) groups excluding carboxylic acids is 1. The fourth-order valence-electron chi connectivity index (χ4n) is 2.55. The maximum absolute atomic E-state index is 11.5. The van der Waals surface area contributed by atoms with Gasteiger partial charge in [0.2, 0.25) is 0 Å². The number of methoxy groups -OCH3 is 1. The molecule has 0 fully saturated rings. The number of aromatic nitrogens is 1. The highest BCUT2D eigenvalue weighted by atomic mass is 32.1. The predicted molar refractivity (Wildman–Crippen MR) is 108 cm³/mol. The molecule has 0 spiro atoms. The third-order valence-corrected chi connectivity index (χ3v) is 5.12. The fourth-order valence-corrected chi connectivity index (χ4v) is 3.64. The van der Waals surface area contributed by atoms with E-state index < -0.39 is 0 Å². The van der Waals surface area contributed by atoms with Crippen molar-refractivity contribution in [3.63, 3.8) is 0 Å². The largest absolute Gasteiger partial charge is 0.466 e. The second-order valence-electron chi connectivity index (χ2n) is 5.93. The van der Waals surface area contributed by atoms with Crippen molar-refractivity contribution in [2.24, 2.45) is 0 Å². The average Bonchev–Trinajstić information content (AvgIpc) is 3.11. The standard InChI is InChI=1S/C21H20N2O2S/c1-23(2)17-8-6-15(7-9-17)20-13-18(16-5-4-12-22-14-16)19(26-20)10-11-21(24)25-3/h4-14H,1-3H3/b11-10+. The van der Waals surface area contributed by atoms with Crippen LogP contribution in [0, 0.1) is 0 Å². The first-order valence-electron chi connectivity index (χ1n) is 8.16. The summed E-state index contributed by atoms with van der Waals surface area (Å²) in [7, 11) is 5.42. The lowest BCUT2D eigenvalue weighted by atomic mass is 10.1. The van der Waals surface area contributed by atoms with Crippen molar-refractivity contribution in [2.75, 3.05) is 26.1 Å². The van der Waals surface area contributed by atoms with Gasteiger partial charge in [-0.1, -0.05) is 18.2 Å². The van der Waals surface area contributed by atoms with Crippen molar-refractivity contribution in [3.05, 3.63) is 65.8 Å². The highest BCUT2D eigenvalue weighted by Crippen LogP contribution is 2.38. The van der Waals surface area contributed by atoms with Gasteiger partial charge in [-0.3, -0.25) is 4.98 Å². The van der Waals surface area contributed by atoms with Crippen LogP contribution in [0.25, 0.3) is 27.6 Å². The number of ether oxygens (including phenoxy) is 1. The Balaban J connectivity index is 2.03. The lowest BCUT2D eigenvalue weighted by molar-refractivity contribution is -0.134. The number of rotatable bonds is 5. The summed E-state index contributed by atoms with van der Waals surface area (Å²) in [6.45, 7) is 0. The van der Waals surface area contributed by atoms with E-state index in [0.29, 0.717) is 0 Å². The number of pyridine rings is 1. The zero-order valence-electron chi connectivity index (χ0n) is 15.0. The topological polar surface area (TPSA) is 42.4 Å². The molecule has 0 saturated carbocycles. The van der Waals surface area contributed by atoms with E-state index in [1.54, 1.807) is 23.6 Å². The van der Waals surface area contributed by atoms with Crippen LogP contribution in [0.15, 0.2) is 60.9 Å². The van der Waals surface area contributed by atoms with Gasteiger partial charge >= 0.3 is 5.97 Å². The smallest absolute Gasteiger partial charge is 0.330 e. The molecule has 3 rings (SSSR count). The number of hydrogen-bond donors (Lipinski definition) is 0. The molecule has 4 nitrogen and oxygen atoms in total. The normalized spacial score (nSPS) is 10.9. The van der Waals surface area contributed by atoms with Gasteiger partial charge in [-0.05, 0) is 35.9 Å². The van der Waals surface area contributed by atoms with E-state index in [2.05, 4.69) is 40.2 Å². The molecule has 0 radical (unpaired) electrons. The number of hydrogen-bond acceptors (Lipinski definition) is 5. The van der Waals surface area contributed by atoms with Crippen LogP contribution in [0.1, 0.15) is 4.88 Å². The Morgan fingerprint density at radius 2 is 1.92 bits per heavy atom. The quantitative estimate of drug-likeness (QED) is 0.485. The molecule has 5 heteroatoms. The zero-order valence-corrected chi connectivity index (χ0v) is 15.8. The Hall–Kier alpha value is -2.92. The van der Waals surface area contributed by atoms with Crippen LogP contribution >= 0.6 is 11.3 Å². The van der Waals surface area contributed by atoms with Gasteiger partial charge in [0.15, 0.2) is 0 Å². The minimum Gasteiger partial charge on any atom is -0.466 e. The summed E-state index contributed by atoms with van der Waals surface area (Å²) in [5, 5.41) is 0. The maximum atomic E-state index is 11.5. The molecule has 0 aliphatic rings. The summed E-state index contributed by atoms with van der Waals surface area (Å²) in [4.78, 5) is 19.9. The van der Waals surface area contributed by atoms with E-state index in [4.69, 9.17) is 4.74 Å². The van der Waals surface area contributed by atoms with Gasteiger partial charge in [0.25, 0.3) is 0 Å². The summed E-state index contributed by atoms with van der Waals surface area (Å²) in [5.74, 6) is -0.368. The molecule has 0 aliphatic carbocycles. The van der Waals surface area contributed by atoms with Crippen molar-refractivity contribution in [1.82, 2.24) is 4.98 Å². The fraction of sp³-hybridized carbons (Fsp3) is 0.143. The van der Waals surface area contributed by atoms with Crippen molar-refractivity contribution >= 4 is 29.1 Å². The molecular formula is C21H20N2O2S. The third kappa shape index (κ3) is 4.00. The van der Waals surface area contributed by atoms with Gasteiger partial charge in [0.05, 0.1) is 7.11 Å². The molecule has 26 heavy (non-hydrogen) atoms. The highest BCUT2D eigenvalue weighted by Gasteiger charge is 2.11. The van der Waals surface area contributed by atoms with Crippen LogP contribution in [-0.2, 0) is 9.53 Å². The van der Waals surface area contributed by atoms with Gasteiger partial charge in [-0.25, -0.2) is 4.79 Å². The van der Waals surface area contributed by atoms with Gasteiger partial charge in [-0.2, -0.15) is 0 Å². The van der Waals surface area contributed by atoms with Crippen LogP contribution in [0.2, 0.25) is 0 Å². The Labute approximate surface area is 157 Å². The summed E-state index contributed by atoms with van der Waals surface area (Å²) < 4.78 is 4.71. The summed E-state index contributed by atoms with van der Waals surface area (Å²) in [6, 6.07) is 14.5. The lowest BCUT2D eigenvalue weighted by Gasteiger charge is -2.12. The van der Waals surface area contributed by atoms with E-state index in [9.17, 15) is 4.79 Å². The van der Waals surface area contributed by atoms with Crippen molar-refractivity contribution in [2.45, 2.75) is 0 Å². The number of esters is 1. The summed E-state index contributed by atoms with van der Waals surface area (Å²) in [5.41, 5.74) is 4.37. The Morgan fingerprint density at radius 3 is 2.54 bits per heavy atom. The van der Waals surface area contributed by atoms with Crippen molar-refractivity contribution in [1.29, 1.82) is 0 Å². The van der Waals surface area contributed by atoms with E-state index in [1.807, 2.05) is 32.4 Å². The number of thiophene rings is 1. The first kappa shape index (κ1) is 17.9. The number of anilines is 1. The van der Waals surface area contributed by atoms with Crippen LogP contribution in [0.4, 0.5) is 5.69 Å². The molecular weight excluding hydrogens is 344 g/mol. The van der Waals surface area contributed by atoms with E-state index in [1.165, 1.54) is 13.2 Å².